The van der Waals surface area contributed by atoms with Crippen LogP contribution >= 0.6 is 0 Å². The first kappa shape index (κ1) is 18.5. The van der Waals surface area contributed by atoms with Crippen molar-refractivity contribution < 1.29 is 14.6 Å². The summed E-state index contributed by atoms with van der Waals surface area (Å²) in [5.41, 5.74) is 0. The zero-order valence-electron chi connectivity index (χ0n) is 14.2. The van der Waals surface area contributed by atoms with Gasteiger partial charge in [-0.25, -0.2) is 0 Å². The summed E-state index contributed by atoms with van der Waals surface area (Å²) in [6.45, 7) is 8.09. The molecule has 0 radical (unpaired) electrons. The highest BCUT2D eigenvalue weighted by Gasteiger charge is 2.40. The van der Waals surface area contributed by atoms with Crippen molar-refractivity contribution in [2.24, 2.45) is 0 Å². The predicted molar refractivity (Wildman–Crippen MR) is 85.9 cm³/mol. The number of aliphatic hydroxyl groups excluding tert-OH is 1. The van der Waals surface area contributed by atoms with Crippen LogP contribution in [0.25, 0.3) is 0 Å². The van der Waals surface area contributed by atoms with E-state index in [1.54, 1.807) is 0 Å². The highest BCUT2D eigenvalue weighted by Crippen LogP contribution is 2.32. The van der Waals surface area contributed by atoms with Crippen LogP contribution in [0.5, 0.6) is 0 Å². The summed E-state index contributed by atoms with van der Waals surface area (Å²) >= 11 is 0. The molecule has 1 N–H and O–H groups in total. The highest BCUT2D eigenvalue weighted by atomic mass is 16.7. The molecule has 0 aliphatic carbocycles. The Morgan fingerprint density at radius 2 is 1.71 bits per heavy atom. The van der Waals surface area contributed by atoms with Gasteiger partial charge in [-0.2, -0.15) is 0 Å². The van der Waals surface area contributed by atoms with E-state index in [1.807, 2.05) is 20.8 Å². The molecule has 1 rings (SSSR count). The fourth-order valence-corrected chi connectivity index (χ4v) is 2.66. The van der Waals surface area contributed by atoms with Crippen LogP contribution in [0, 0.1) is 11.8 Å². The van der Waals surface area contributed by atoms with E-state index in [-0.39, 0.29) is 12.2 Å². The Balaban J connectivity index is 2.40. The summed E-state index contributed by atoms with van der Waals surface area (Å²) in [5, 5.41) is 9.48. The number of aliphatic hydroxyl groups is 1. The molecule has 0 amide bonds. The maximum absolute atomic E-state index is 9.48. The van der Waals surface area contributed by atoms with Crippen LogP contribution in [0.1, 0.15) is 79.1 Å². The second-order valence-electron chi connectivity index (χ2n) is 6.36. The minimum Gasteiger partial charge on any atom is -0.380 e. The Labute approximate surface area is 130 Å². The molecule has 0 spiro atoms. The lowest BCUT2D eigenvalue weighted by Crippen LogP contribution is -2.22. The van der Waals surface area contributed by atoms with E-state index in [1.165, 1.54) is 32.1 Å². The molecule has 122 valence electrons. The summed E-state index contributed by atoms with van der Waals surface area (Å²) in [6.07, 6.45) is 8.33. The van der Waals surface area contributed by atoms with Crippen molar-refractivity contribution in [1.82, 2.24) is 0 Å². The second kappa shape index (κ2) is 9.46. The molecule has 1 saturated heterocycles. The average Bonchev–Trinajstić information content (AvgIpc) is 2.73. The van der Waals surface area contributed by atoms with E-state index in [0.717, 1.165) is 6.42 Å². The van der Waals surface area contributed by atoms with Crippen LogP contribution in [-0.4, -0.2) is 29.2 Å². The topological polar surface area (TPSA) is 38.7 Å². The van der Waals surface area contributed by atoms with Gasteiger partial charge >= 0.3 is 0 Å². The third-order valence-corrected chi connectivity index (χ3v) is 3.84. The number of unbranched alkanes of at least 4 members (excludes halogenated alkanes) is 4. The van der Waals surface area contributed by atoms with E-state index in [9.17, 15) is 5.11 Å². The van der Waals surface area contributed by atoms with E-state index in [0.29, 0.717) is 12.8 Å². The van der Waals surface area contributed by atoms with Gasteiger partial charge in [-0.05, 0) is 26.7 Å². The molecule has 3 atom stereocenters. The standard InChI is InChI=1S/C18H32O3/c1-5-7-8-9-10-13-16-17(21-18(3,4)20-16)14-11-12-15(19)6-2/h15-17,19H,5-10,13-14H2,1-4H3/t15-,16+,17+/m0/s1. The first-order valence-corrected chi connectivity index (χ1v) is 8.50. The van der Waals surface area contributed by atoms with Crippen molar-refractivity contribution in [3.8, 4) is 11.8 Å². The van der Waals surface area contributed by atoms with Gasteiger partial charge in [-0.15, -0.1) is 0 Å². The SMILES string of the molecule is CCCCCCC[C@H]1OC(C)(C)O[C@@H]1CC#C[C@@H](O)CC. The highest BCUT2D eigenvalue weighted by molar-refractivity contribution is 5.06. The van der Waals surface area contributed by atoms with Crippen LogP contribution in [0.3, 0.4) is 0 Å². The van der Waals surface area contributed by atoms with E-state index >= 15 is 0 Å². The quantitative estimate of drug-likeness (QED) is 0.543. The maximum Gasteiger partial charge on any atom is 0.163 e. The van der Waals surface area contributed by atoms with Crippen LogP contribution in [0.4, 0.5) is 0 Å². The number of hydrogen-bond acceptors (Lipinski definition) is 3. The van der Waals surface area contributed by atoms with E-state index in [2.05, 4.69) is 18.8 Å². The molecular weight excluding hydrogens is 264 g/mol. The van der Waals surface area contributed by atoms with Gasteiger partial charge in [-0.1, -0.05) is 57.8 Å². The van der Waals surface area contributed by atoms with Crippen LogP contribution in [0.15, 0.2) is 0 Å². The molecule has 0 aromatic carbocycles. The second-order valence-corrected chi connectivity index (χ2v) is 6.36. The normalized spacial score (nSPS) is 25.4. The smallest absolute Gasteiger partial charge is 0.163 e. The molecule has 0 saturated carbocycles. The van der Waals surface area contributed by atoms with Crippen LogP contribution in [-0.2, 0) is 9.47 Å². The van der Waals surface area contributed by atoms with Gasteiger partial charge in [0, 0.05) is 6.42 Å². The zero-order valence-corrected chi connectivity index (χ0v) is 14.2. The lowest BCUT2D eigenvalue weighted by Gasteiger charge is -2.16. The lowest BCUT2D eigenvalue weighted by molar-refractivity contribution is -0.146. The number of hydrogen-bond donors (Lipinski definition) is 1. The van der Waals surface area contributed by atoms with Crippen molar-refractivity contribution in [3.63, 3.8) is 0 Å². The van der Waals surface area contributed by atoms with Crippen LogP contribution < -0.4 is 0 Å². The largest absolute Gasteiger partial charge is 0.380 e. The molecule has 0 aromatic heterocycles. The summed E-state index contributed by atoms with van der Waals surface area (Å²) in [4.78, 5) is 0. The minimum atomic E-state index is -0.521. The Bertz CT molecular complexity index is 340. The molecule has 1 aliphatic rings. The molecule has 3 nitrogen and oxygen atoms in total. The van der Waals surface area contributed by atoms with E-state index in [4.69, 9.17) is 9.47 Å². The van der Waals surface area contributed by atoms with Gasteiger partial charge in [-0.3, -0.25) is 0 Å². The van der Waals surface area contributed by atoms with Crippen molar-refractivity contribution in [2.75, 3.05) is 0 Å². The fourth-order valence-electron chi connectivity index (χ4n) is 2.66. The van der Waals surface area contributed by atoms with Crippen molar-refractivity contribution >= 4 is 0 Å². The Morgan fingerprint density at radius 1 is 1.05 bits per heavy atom. The summed E-state index contributed by atoms with van der Waals surface area (Å²) < 4.78 is 11.9. The fraction of sp³-hybridized carbons (Fsp3) is 0.889. The molecule has 0 bridgehead atoms. The Kier molecular flexibility index (Phi) is 8.33. The summed E-state index contributed by atoms with van der Waals surface area (Å²) in [6, 6.07) is 0. The van der Waals surface area contributed by atoms with E-state index < -0.39 is 11.9 Å². The molecular formula is C18H32O3. The molecule has 21 heavy (non-hydrogen) atoms. The first-order chi connectivity index (χ1) is 9.98. The third-order valence-electron chi connectivity index (χ3n) is 3.84. The number of ether oxygens (including phenoxy) is 2. The monoisotopic (exact) mass is 296 g/mol. The first-order valence-electron chi connectivity index (χ1n) is 8.50. The zero-order chi connectivity index (χ0) is 15.7. The van der Waals surface area contributed by atoms with Crippen LogP contribution in [0.2, 0.25) is 0 Å². The molecule has 0 aromatic rings. The summed E-state index contributed by atoms with van der Waals surface area (Å²) in [5.74, 6) is 5.40. The van der Waals surface area contributed by atoms with Gasteiger partial charge in [0.2, 0.25) is 0 Å². The molecule has 1 heterocycles. The maximum atomic E-state index is 9.48. The Hall–Kier alpha value is -0.560. The summed E-state index contributed by atoms with van der Waals surface area (Å²) in [7, 11) is 0. The lowest BCUT2D eigenvalue weighted by atomic mass is 10.0. The Morgan fingerprint density at radius 3 is 2.38 bits per heavy atom. The number of rotatable bonds is 8. The van der Waals surface area contributed by atoms with Gasteiger partial charge in [0.1, 0.15) is 6.10 Å². The molecule has 1 aliphatic heterocycles. The molecule has 1 fully saturated rings. The molecule has 0 unspecified atom stereocenters. The van der Waals surface area contributed by atoms with Gasteiger partial charge < -0.3 is 14.6 Å². The van der Waals surface area contributed by atoms with Gasteiger partial charge in [0.05, 0.1) is 12.2 Å². The van der Waals surface area contributed by atoms with Crippen molar-refractivity contribution in [2.45, 2.75) is 103 Å². The minimum absolute atomic E-state index is 0.0303. The predicted octanol–water partition coefficient (Wildman–Crippen LogP) is 4.03. The third kappa shape index (κ3) is 7.31. The average molecular weight is 296 g/mol. The van der Waals surface area contributed by atoms with Crippen molar-refractivity contribution in [3.05, 3.63) is 0 Å². The van der Waals surface area contributed by atoms with Crippen molar-refractivity contribution in [1.29, 1.82) is 0 Å². The molecule has 3 heteroatoms. The van der Waals surface area contributed by atoms with Gasteiger partial charge in [0.15, 0.2) is 5.79 Å². The van der Waals surface area contributed by atoms with Gasteiger partial charge in [0.25, 0.3) is 0 Å².